The number of carbonyl (C=O) groups excluding carboxylic acids is 1. The number of thiazole rings is 1. The van der Waals surface area contributed by atoms with E-state index in [1.807, 2.05) is 29.6 Å². The lowest BCUT2D eigenvalue weighted by atomic mass is 10.3. The van der Waals surface area contributed by atoms with Crippen LogP contribution in [0.3, 0.4) is 0 Å². The molecular weight excluding hydrogens is 324 g/mol. The highest BCUT2D eigenvalue weighted by atomic mass is 32.1. The molecule has 0 bridgehead atoms. The Bertz CT molecular complexity index is 839. The molecule has 6 nitrogen and oxygen atoms in total. The molecule has 1 aromatic carbocycles. The van der Waals surface area contributed by atoms with Gasteiger partial charge in [0.2, 0.25) is 11.8 Å². The number of hydrogen-bond acceptors (Lipinski definition) is 6. The van der Waals surface area contributed by atoms with E-state index in [4.69, 9.17) is 4.42 Å². The number of amides is 1. The number of para-hydroxylation sites is 2. The minimum Gasteiger partial charge on any atom is -0.439 e. The zero-order chi connectivity index (χ0) is 16.5. The molecule has 1 fully saturated rings. The molecule has 0 aliphatic heterocycles. The maximum atomic E-state index is 12.1. The summed E-state index contributed by atoms with van der Waals surface area (Å²) < 4.78 is 5.58. The van der Waals surface area contributed by atoms with Crippen LogP contribution in [0.2, 0.25) is 0 Å². The molecule has 2 aromatic heterocycles. The summed E-state index contributed by atoms with van der Waals surface area (Å²) in [6.07, 6.45) is 1.46. The number of aromatic nitrogens is 2. The Hall–Kier alpha value is -2.41. The quantitative estimate of drug-likeness (QED) is 0.720. The van der Waals surface area contributed by atoms with E-state index in [1.54, 1.807) is 11.3 Å². The molecule has 2 N–H and O–H groups in total. The second-order valence-corrected chi connectivity index (χ2v) is 6.99. The summed E-state index contributed by atoms with van der Waals surface area (Å²) in [6, 6.07) is 8.08. The number of rotatable bonds is 6. The summed E-state index contributed by atoms with van der Waals surface area (Å²) in [5.41, 5.74) is 2.31. The summed E-state index contributed by atoms with van der Waals surface area (Å²) in [5.74, 6) is 1.14. The Labute approximate surface area is 143 Å². The van der Waals surface area contributed by atoms with Crippen LogP contribution >= 0.6 is 11.3 Å². The number of carbonyl (C=O) groups is 1. The van der Waals surface area contributed by atoms with E-state index in [-0.39, 0.29) is 18.9 Å². The van der Waals surface area contributed by atoms with Crippen molar-refractivity contribution in [3.05, 3.63) is 41.2 Å². The van der Waals surface area contributed by atoms with Crippen molar-refractivity contribution in [3.63, 3.8) is 0 Å². The maximum absolute atomic E-state index is 12.1. The molecule has 2 unspecified atom stereocenters. The molecule has 2 heterocycles. The lowest BCUT2D eigenvalue weighted by Crippen LogP contribution is -2.24. The van der Waals surface area contributed by atoms with Crippen molar-refractivity contribution in [2.45, 2.75) is 32.4 Å². The first-order chi connectivity index (χ1) is 11.7. The number of anilines is 1. The monoisotopic (exact) mass is 342 g/mol. The van der Waals surface area contributed by atoms with Crippen molar-refractivity contribution in [2.75, 3.05) is 5.32 Å². The Kier molecular flexibility index (Phi) is 3.93. The molecule has 0 radical (unpaired) electrons. The fourth-order valence-electron chi connectivity index (χ4n) is 2.53. The third kappa shape index (κ3) is 3.41. The highest BCUT2D eigenvalue weighted by Crippen LogP contribution is 2.33. The van der Waals surface area contributed by atoms with Gasteiger partial charge in [0.05, 0.1) is 18.7 Å². The normalized spacial score (nSPS) is 19.4. The van der Waals surface area contributed by atoms with Gasteiger partial charge in [-0.25, -0.2) is 9.97 Å². The van der Waals surface area contributed by atoms with Gasteiger partial charge in [0.15, 0.2) is 10.7 Å². The van der Waals surface area contributed by atoms with Gasteiger partial charge in [0.25, 0.3) is 0 Å². The highest BCUT2D eigenvalue weighted by Gasteiger charge is 2.32. The van der Waals surface area contributed by atoms with E-state index >= 15 is 0 Å². The van der Waals surface area contributed by atoms with Gasteiger partial charge in [-0.1, -0.05) is 19.1 Å². The van der Waals surface area contributed by atoms with E-state index in [2.05, 4.69) is 27.5 Å². The van der Waals surface area contributed by atoms with Crippen LogP contribution in [0, 0.1) is 5.92 Å². The molecule has 0 spiro atoms. The molecule has 0 saturated heterocycles. The van der Waals surface area contributed by atoms with Crippen LogP contribution in [-0.4, -0.2) is 21.9 Å². The van der Waals surface area contributed by atoms with E-state index in [0.29, 0.717) is 11.9 Å². The van der Waals surface area contributed by atoms with Gasteiger partial charge in [-0.2, -0.15) is 0 Å². The highest BCUT2D eigenvalue weighted by molar-refractivity contribution is 7.13. The smallest absolute Gasteiger partial charge is 0.226 e. The van der Waals surface area contributed by atoms with Crippen molar-refractivity contribution < 1.29 is 9.21 Å². The van der Waals surface area contributed by atoms with Crippen LogP contribution in [0.15, 0.2) is 34.1 Å². The van der Waals surface area contributed by atoms with Crippen molar-refractivity contribution in [2.24, 2.45) is 5.92 Å². The first kappa shape index (κ1) is 15.1. The van der Waals surface area contributed by atoms with Crippen LogP contribution in [0.5, 0.6) is 0 Å². The molecule has 1 aliphatic rings. The third-order valence-corrected chi connectivity index (χ3v) is 4.91. The molecule has 1 amide bonds. The van der Waals surface area contributed by atoms with E-state index in [9.17, 15) is 4.79 Å². The van der Waals surface area contributed by atoms with Gasteiger partial charge in [-0.15, -0.1) is 11.3 Å². The molecule has 7 heteroatoms. The fourth-order valence-corrected chi connectivity index (χ4v) is 3.31. The zero-order valence-electron chi connectivity index (χ0n) is 13.3. The van der Waals surface area contributed by atoms with E-state index < -0.39 is 0 Å². The number of nitrogens with zero attached hydrogens (tertiary/aromatic N) is 2. The number of nitrogens with one attached hydrogen (secondary N) is 2. The van der Waals surface area contributed by atoms with E-state index in [0.717, 1.165) is 27.8 Å². The second-order valence-electron chi connectivity index (χ2n) is 6.14. The van der Waals surface area contributed by atoms with Crippen molar-refractivity contribution >= 4 is 33.5 Å². The van der Waals surface area contributed by atoms with E-state index in [1.165, 1.54) is 6.42 Å². The first-order valence-electron chi connectivity index (χ1n) is 7.99. The van der Waals surface area contributed by atoms with Crippen LogP contribution in [0.1, 0.15) is 24.9 Å². The molecular formula is C17H18N4O2S. The Morgan fingerprint density at radius 2 is 2.21 bits per heavy atom. The van der Waals surface area contributed by atoms with Crippen LogP contribution < -0.4 is 10.6 Å². The van der Waals surface area contributed by atoms with Crippen LogP contribution in [0.25, 0.3) is 11.1 Å². The summed E-state index contributed by atoms with van der Waals surface area (Å²) >= 11 is 1.55. The molecule has 24 heavy (non-hydrogen) atoms. The fraction of sp³-hybridized carbons (Fsp3) is 0.353. The van der Waals surface area contributed by atoms with Gasteiger partial charge in [0.1, 0.15) is 5.52 Å². The average Bonchev–Trinajstić information content (AvgIpc) is 2.98. The van der Waals surface area contributed by atoms with Gasteiger partial charge in [-0.05, 0) is 24.5 Å². The Balaban J connectivity index is 1.30. The first-order valence-corrected chi connectivity index (χ1v) is 8.87. The summed E-state index contributed by atoms with van der Waals surface area (Å²) in [6.45, 7) is 2.49. The minimum atomic E-state index is -0.0890. The standard InChI is InChI=1S/C17H18N4O2S/c1-10-6-13(10)21-17-19-11(9-24-17)7-15(22)18-8-16-20-12-4-2-3-5-14(12)23-16/h2-5,9-10,13H,6-8H2,1H3,(H,18,22)(H,19,21). The molecule has 2 atom stereocenters. The van der Waals surface area contributed by atoms with Crippen molar-refractivity contribution in [3.8, 4) is 0 Å². The van der Waals surface area contributed by atoms with Crippen LogP contribution in [0.4, 0.5) is 5.13 Å². The molecule has 1 saturated carbocycles. The number of fused-ring (bicyclic) bond motifs is 1. The zero-order valence-corrected chi connectivity index (χ0v) is 14.1. The lowest BCUT2D eigenvalue weighted by Gasteiger charge is -2.01. The van der Waals surface area contributed by atoms with Crippen molar-refractivity contribution in [1.82, 2.24) is 15.3 Å². The van der Waals surface area contributed by atoms with Gasteiger partial charge in [-0.3, -0.25) is 4.79 Å². The predicted molar refractivity (Wildman–Crippen MR) is 92.9 cm³/mol. The summed E-state index contributed by atoms with van der Waals surface area (Å²) in [7, 11) is 0. The SMILES string of the molecule is CC1CC1Nc1nc(CC(=O)NCc2nc3ccccc3o2)cs1. The molecule has 1 aliphatic carbocycles. The molecule has 4 rings (SSSR count). The Morgan fingerprint density at radius 3 is 3.00 bits per heavy atom. The van der Waals surface area contributed by atoms with Crippen LogP contribution in [-0.2, 0) is 17.8 Å². The average molecular weight is 342 g/mol. The third-order valence-electron chi connectivity index (χ3n) is 4.09. The second kappa shape index (κ2) is 6.24. The largest absolute Gasteiger partial charge is 0.439 e. The number of oxazole rings is 1. The minimum absolute atomic E-state index is 0.0890. The molecule has 3 aromatic rings. The van der Waals surface area contributed by atoms with Crippen molar-refractivity contribution in [1.29, 1.82) is 0 Å². The summed E-state index contributed by atoms with van der Waals surface area (Å²) in [4.78, 5) is 20.9. The van der Waals surface area contributed by atoms with Gasteiger partial charge < -0.3 is 15.1 Å². The van der Waals surface area contributed by atoms with Gasteiger partial charge >= 0.3 is 0 Å². The maximum Gasteiger partial charge on any atom is 0.226 e. The topological polar surface area (TPSA) is 80.0 Å². The lowest BCUT2D eigenvalue weighted by molar-refractivity contribution is -0.120. The Morgan fingerprint density at radius 1 is 1.38 bits per heavy atom. The number of benzene rings is 1. The predicted octanol–water partition coefficient (Wildman–Crippen LogP) is 2.96. The van der Waals surface area contributed by atoms with Gasteiger partial charge in [0, 0.05) is 11.4 Å². The summed E-state index contributed by atoms with van der Waals surface area (Å²) in [5, 5.41) is 9.03. The molecule has 124 valence electrons. The number of hydrogen-bond donors (Lipinski definition) is 2.